The number of fused-ring (bicyclic) bond motifs is 1. The minimum atomic E-state index is -0.308. The molecule has 2 fully saturated rings. The van der Waals surface area contributed by atoms with E-state index in [1.807, 2.05) is 0 Å². The molecule has 4 heterocycles. The van der Waals surface area contributed by atoms with Crippen molar-refractivity contribution in [3.05, 3.63) is 63.7 Å². The quantitative estimate of drug-likeness (QED) is 0.427. The van der Waals surface area contributed by atoms with Crippen molar-refractivity contribution in [1.29, 1.82) is 5.26 Å². The van der Waals surface area contributed by atoms with Gasteiger partial charge >= 0.3 is 5.69 Å². The Morgan fingerprint density at radius 3 is 2.34 bits per heavy atom. The van der Waals surface area contributed by atoms with Crippen LogP contribution < -0.4 is 10.6 Å². The molecule has 41 heavy (non-hydrogen) atoms. The van der Waals surface area contributed by atoms with Crippen molar-refractivity contribution in [2.75, 3.05) is 44.3 Å². The van der Waals surface area contributed by atoms with Crippen LogP contribution in [0.5, 0.6) is 0 Å². The molecule has 3 atom stereocenters. The van der Waals surface area contributed by atoms with Gasteiger partial charge in [0.05, 0.1) is 18.7 Å². The van der Waals surface area contributed by atoms with Crippen molar-refractivity contribution >= 4 is 16.9 Å². The number of hydrogen-bond acceptors (Lipinski definition) is 8. The molecule has 0 saturated carbocycles. The molecule has 5 rings (SSSR count). The Morgan fingerprint density at radius 1 is 1.02 bits per heavy atom. The molecule has 2 aliphatic rings. The average Bonchev–Trinajstić information content (AvgIpc) is 3.02. The fraction of sp³-hybridized carbons (Fsp3) is 0.562. The van der Waals surface area contributed by atoms with E-state index < -0.39 is 0 Å². The fourth-order valence-corrected chi connectivity index (χ4v) is 6.56. The minimum Gasteiger partial charge on any atom is -0.379 e. The maximum Gasteiger partial charge on any atom is 0.349 e. The van der Waals surface area contributed by atoms with Crippen molar-refractivity contribution < 1.29 is 4.74 Å². The Balaban J connectivity index is 1.42. The first-order chi connectivity index (χ1) is 19.7. The second kappa shape index (κ2) is 11.9. The van der Waals surface area contributed by atoms with Crippen LogP contribution in [0.3, 0.4) is 0 Å². The van der Waals surface area contributed by atoms with E-state index >= 15 is 0 Å². The number of aryl methyl sites for hydroxylation is 1. The summed E-state index contributed by atoms with van der Waals surface area (Å²) in [6, 6.07) is 15.5. The molecule has 0 aliphatic carbocycles. The minimum absolute atomic E-state index is 0.0433. The normalized spacial score (nSPS) is 21.6. The molecule has 3 aromatic rings. The Bertz CT molecular complexity index is 1470. The van der Waals surface area contributed by atoms with Gasteiger partial charge in [0.15, 0.2) is 5.82 Å². The number of nitrogens with zero attached hydrogens (tertiary/aromatic N) is 7. The Kier molecular flexibility index (Phi) is 8.46. The Labute approximate surface area is 243 Å². The highest BCUT2D eigenvalue weighted by molar-refractivity contribution is 5.86. The average molecular weight is 558 g/mol. The highest BCUT2D eigenvalue weighted by Gasteiger charge is 2.37. The molecule has 2 unspecified atom stereocenters. The summed E-state index contributed by atoms with van der Waals surface area (Å²) in [7, 11) is 1.70. The van der Waals surface area contributed by atoms with Crippen LogP contribution in [0.15, 0.2) is 41.2 Å². The number of ether oxygens (including phenoxy) is 1. The standard InChI is InChI=1S/C32H43N7O2/c1-7-26-21-39(30-29-28(36(6)31(40)35-30)14-13-25(19-33)34-29)27(8-2)20-38(26)22(3)23-9-11-24(12-10-23)32(4,5)37-15-17-41-18-16-37/h9-14,22,26-27H,7-8,15-18,20-21H2,1-6H3/t22?,26-,27?/m1/s1. The topological polar surface area (TPSA) is 90.5 Å². The summed E-state index contributed by atoms with van der Waals surface area (Å²) in [5, 5.41) is 9.50. The van der Waals surface area contributed by atoms with E-state index in [-0.39, 0.29) is 29.4 Å². The molecule has 0 spiro atoms. The van der Waals surface area contributed by atoms with E-state index in [1.165, 1.54) is 15.7 Å². The number of benzene rings is 1. The van der Waals surface area contributed by atoms with E-state index in [0.717, 1.165) is 52.2 Å². The van der Waals surface area contributed by atoms with Crippen molar-refractivity contribution in [2.24, 2.45) is 7.05 Å². The lowest BCUT2D eigenvalue weighted by atomic mass is 9.89. The van der Waals surface area contributed by atoms with Gasteiger partial charge in [0.1, 0.15) is 17.3 Å². The second-order valence-corrected chi connectivity index (χ2v) is 11.9. The second-order valence-electron chi connectivity index (χ2n) is 11.9. The van der Waals surface area contributed by atoms with E-state index in [2.05, 4.69) is 89.6 Å². The molecular weight excluding hydrogens is 514 g/mol. The van der Waals surface area contributed by atoms with Gasteiger partial charge in [-0.15, -0.1) is 0 Å². The lowest BCUT2D eigenvalue weighted by Gasteiger charge is -2.49. The van der Waals surface area contributed by atoms with Gasteiger partial charge in [-0.2, -0.15) is 10.2 Å². The van der Waals surface area contributed by atoms with Gasteiger partial charge in [-0.3, -0.25) is 14.4 Å². The number of piperazine rings is 1. The third-order valence-corrected chi connectivity index (χ3v) is 9.40. The zero-order valence-electron chi connectivity index (χ0n) is 25.3. The number of hydrogen-bond donors (Lipinski definition) is 0. The predicted octanol–water partition coefficient (Wildman–Crippen LogP) is 4.21. The van der Waals surface area contributed by atoms with Gasteiger partial charge in [0, 0.05) is 56.9 Å². The number of pyridine rings is 1. The molecule has 2 aromatic heterocycles. The fourth-order valence-electron chi connectivity index (χ4n) is 6.56. The highest BCUT2D eigenvalue weighted by Crippen LogP contribution is 2.35. The van der Waals surface area contributed by atoms with Crippen LogP contribution in [0, 0.1) is 11.3 Å². The molecule has 9 nitrogen and oxygen atoms in total. The van der Waals surface area contributed by atoms with E-state index in [1.54, 1.807) is 19.2 Å². The molecule has 0 radical (unpaired) electrons. The number of rotatable bonds is 7. The predicted molar refractivity (Wildman–Crippen MR) is 162 cm³/mol. The monoisotopic (exact) mass is 557 g/mol. The summed E-state index contributed by atoms with van der Waals surface area (Å²) in [6.45, 7) is 16.4. The summed E-state index contributed by atoms with van der Waals surface area (Å²) in [5.74, 6) is 0.590. The molecule has 0 N–H and O–H groups in total. The zero-order valence-corrected chi connectivity index (χ0v) is 25.3. The molecule has 2 aliphatic heterocycles. The summed E-state index contributed by atoms with van der Waals surface area (Å²) in [4.78, 5) is 29.4. The number of aromatic nitrogens is 3. The summed E-state index contributed by atoms with van der Waals surface area (Å²) in [6.07, 6.45) is 1.88. The number of anilines is 1. The lowest BCUT2D eigenvalue weighted by Crippen LogP contribution is -2.59. The van der Waals surface area contributed by atoms with Gasteiger partial charge in [-0.05, 0) is 56.9 Å². The third kappa shape index (κ3) is 5.49. The summed E-state index contributed by atoms with van der Waals surface area (Å²) >= 11 is 0. The van der Waals surface area contributed by atoms with Gasteiger partial charge in [-0.1, -0.05) is 38.1 Å². The van der Waals surface area contributed by atoms with Crippen molar-refractivity contribution in [2.45, 2.75) is 71.1 Å². The van der Waals surface area contributed by atoms with Crippen LogP contribution >= 0.6 is 0 Å². The van der Waals surface area contributed by atoms with E-state index in [4.69, 9.17) is 4.74 Å². The van der Waals surface area contributed by atoms with Crippen LogP contribution in [0.2, 0.25) is 0 Å². The smallest absolute Gasteiger partial charge is 0.349 e. The van der Waals surface area contributed by atoms with E-state index in [9.17, 15) is 10.1 Å². The Morgan fingerprint density at radius 2 is 1.71 bits per heavy atom. The van der Waals surface area contributed by atoms with Crippen LogP contribution in [-0.4, -0.2) is 75.8 Å². The molecular formula is C32H43N7O2. The molecule has 218 valence electrons. The van der Waals surface area contributed by atoms with Crippen LogP contribution in [0.4, 0.5) is 5.82 Å². The first kappa shape index (κ1) is 29.2. The summed E-state index contributed by atoms with van der Waals surface area (Å²) in [5.41, 5.74) is 3.91. The van der Waals surface area contributed by atoms with Gasteiger partial charge in [0.25, 0.3) is 0 Å². The Hall–Kier alpha value is -3.32. The number of morpholine rings is 1. The SMILES string of the molecule is CCC1CN(C(C)c2ccc(C(C)(C)N3CCOCC3)cc2)[C@H](CC)CN1c1nc(=O)n(C)c2ccc(C#N)nc12. The third-order valence-electron chi connectivity index (χ3n) is 9.40. The van der Waals surface area contributed by atoms with Gasteiger partial charge < -0.3 is 9.64 Å². The molecule has 2 saturated heterocycles. The molecule has 9 heteroatoms. The molecule has 0 amide bonds. The van der Waals surface area contributed by atoms with Gasteiger partial charge in [0.2, 0.25) is 0 Å². The van der Waals surface area contributed by atoms with Gasteiger partial charge in [-0.25, -0.2) is 9.78 Å². The van der Waals surface area contributed by atoms with E-state index in [0.29, 0.717) is 22.5 Å². The molecule has 1 aromatic carbocycles. The maximum atomic E-state index is 12.9. The number of nitriles is 1. The van der Waals surface area contributed by atoms with Crippen LogP contribution in [0.25, 0.3) is 11.0 Å². The van der Waals surface area contributed by atoms with Crippen molar-refractivity contribution in [1.82, 2.24) is 24.3 Å². The summed E-state index contributed by atoms with van der Waals surface area (Å²) < 4.78 is 7.09. The van der Waals surface area contributed by atoms with Crippen molar-refractivity contribution in [3.8, 4) is 6.07 Å². The first-order valence-electron chi connectivity index (χ1n) is 14.9. The highest BCUT2D eigenvalue weighted by atomic mass is 16.5. The molecule has 0 bridgehead atoms. The van der Waals surface area contributed by atoms with Crippen molar-refractivity contribution in [3.63, 3.8) is 0 Å². The van der Waals surface area contributed by atoms with Crippen LogP contribution in [0.1, 0.15) is 70.3 Å². The largest absolute Gasteiger partial charge is 0.379 e. The maximum absolute atomic E-state index is 12.9. The lowest BCUT2D eigenvalue weighted by molar-refractivity contribution is -0.0118. The first-order valence-corrected chi connectivity index (χ1v) is 14.9. The zero-order chi connectivity index (χ0) is 29.3. The van der Waals surface area contributed by atoms with Crippen LogP contribution in [-0.2, 0) is 17.3 Å².